The number of anilines is 1. The number of nitrogens with one attached hydrogen (secondary N) is 1. The Labute approximate surface area is 181 Å². The van der Waals surface area contributed by atoms with E-state index in [-0.39, 0.29) is 6.04 Å². The smallest absolute Gasteiger partial charge is 0.407 e. The fourth-order valence-corrected chi connectivity index (χ4v) is 4.05. The SMILES string of the molecule is Cc1ccc(C)n1-c1noc2c(N3CC[C@@H](NC(=O)OC(C)(C)C)C3)cc(C#N)cc12. The molecule has 0 unspecified atom stereocenters. The van der Waals surface area contributed by atoms with E-state index in [1.165, 1.54) is 0 Å². The molecular weight excluding hydrogens is 394 g/mol. The van der Waals surface area contributed by atoms with Crippen molar-refractivity contribution in [3.8, 4) is 11.9 Å². The molecule has 1 amide bonds. The summed E-state index contributed by atoms with van der Waals surface area (Å²) in [5.74, 6) is 0.677. The Morgan fingerprint density at radius 2 is 2.00 bits per heavy atom. The quantitative estimate of drug-likeness (QED) is 0.680. The van der Waals surface area contributed by atoms with Crippen molar-refractivity contribution >= 4 is 22.7 Å². The van der Waals surface area contributed by atoms with E-state index in [2.05, 4.69) is 21.4 Å². The van der Waals surface area contributed by atoms with Gasteiger partial charge < -0.3 is 19.5 Å². The molecule has 0 aliphatic carbocycles. The molecule has 1 fully saturated rings. The van der Waals surface area contributed by atoms with Crippen LogP contribution in [-0.2, 0) is 4.74 Å². The zero-order valence-corrected chi connectivity index (χ0v) is 18.5. The summed E-state index contributed by atoms with van der Waals surface area (Å²) in [5.41, 5.74) is 3.53. The van der Waals surface area contributed by atoms with Crippen molar-refractivity contribution in [2.75, 3.05) is 18.0 Å². The minimum Gasteiger partial charge on any atom is -0.444 e. The average molecular weight is 422 g/mol. The lowest BCUT2D eigenvalue weighted by molar-refractivity contribution is 0.0509. The van der Waals surface area contributed by atoms with Crippen LogP contribution in [-0.4, -0.2) is 40.5 Å². The predicted octanol–water partition coefficient (Wildman–Crippen LogP) is 4.21. The molecular formula is C23H27N5O3. The Morgan fingerprint density at radius 3 is 2.65 bits per heavy atom. The van der Waals surface area contributed by atoms with Crippen molar-refractivity contribution in [2.45, 2.75) is 52.7 Å². The van der Waals surface area contributed by atoms with Gasteiger partial charge in [0.15, 0.2) is 11.4 Å². The number of amides is 1. The molecule has 8 heteroatoms. The Hall–Kier alpha value is -3.47. The minimum atomic E-state index is -0.541. The molecule has 1 aliphatic heterocycles. The van der Waals surface area contributed by atoms with Crippen molar-refractivity contribution in [3.63, 3.8) is 0 Å². The molecule has 3 heterocycles. The van der Waals surface area contributed by atoms with Crippen LogP contribution in [0.4, 0.5) is 10.5 Å². The average Bonchev–Trinajstić information content (AvgIpc) is 3.39. The lowest BCUT2D eigenvalue weighted by Gasteiger charge is -2.22. The van der Waals surface area contributed by atoms with E-state index in [1.807, 2.05) is 63.5 Å². The van der Waals surface area contributed by atoms with E-state index < -0.39 is 11.7 Å². The summed E-state index contributed by atoms with van der Waals surface area (Å²) in [7, 11) is 0. The third-order valence-electron chi connectivity index (χ3n) is 5.40. The molecule has 2 aromatic heterocycles. The first-order valence-electron chi connectivity index (χ1n) is 10.4. The van der Waals surface area contributed by atoms with E-state index in [4.69, 9.17) is 9.26 Å². The van der Waals surface area contributed by atoms with Crippen LogP contribution in [0.3, 0.4) is 0 Å². The molecule has 4 rings (SSSR count). The Morgan fingerprint density at radius 1 is 1.29 bits per heavy atom. The van der Waals surface area contributed by atoms with Gasteiger partial charge in [-0.15, -0.1) is 0 Å². The van der Waals surface area contributed by atoms with Gasteiger partial charge in [0.2, 0.25) is 0 Å². The number of hydrogen-bond donors (Lipinski definition) is 1. The number of carbonyl (C=O) groups excluding carboxylic acids is 1. The number of aryl methyl sites for hydroxylation is 2. The van der Waals surface area contributed by atoms with Gasteiger partial charge in [-0.25, -0.2) is 4.79 Å². The molecule has 1 aliphatic rings. The summed E-state index contributed by atoms with van der Waals surface area (Å²) in [4.78, 5) is 14.3. The topological polar surface area (TPSA) is 96.3 Å². The second-order valence-corrected chi connectivity index (χ2v) is 9.02. The number of alkyl carbamates (subject to hydrolysis) is 1. The number of nitriles is 1. The van der Waals surface area contributed by atoms with Gasteiger partial charge in [-0.3, -0.25) is 4.57 Å². The first-order chi connectivity index (χ1) is 14.7. The number of rotatable bonds is 3. The van der Waals surface area contributed by atoms with Gasteiger partial charge >= 0.3 is 6.09 Å². The van der Waals surface area contributed by atoms with Crippen LogP contribution in [0.15, 0.2) is 28.8 Å². The molecule has 1 N–H and O–H groups in total. The maximum absolute atomic E-state index is 12.1. The van der Waals surface area contributed by atoms with Crippen molar-refractivity contribution in [1.82, 2.24) is 15.0 Å². The summed E-state index contributed by atoms with van der Waals surface area (Å²) < 4.78 is 13.2. The number of benzene rings is 1. The van der Waals surface area contributed by atoms with Crippen LogP contribution >= 0.6 is 0 Å². The molecule has 0 bridgehead atoms. The van der Waals surface area contributed by atoms with Gasteiger partial charge in [-0.05, 0) is 65.3 Å². The molecule has 1 aromatic carbocycles. The highest BCUT2D eigenvalue weighted by atomic mass is 16.6. The zero-order valence-electron chi connectivity index (χ0n) is 18.5. The van der Waals surface area contributed by atoms with Crippen LogP contribution < -0.4 is 10.2 Å². The summed E-state index contributed by atoms with van der Waals surface area (Å²) in [6, 6.07) is 9.89. The van der Waals surface area contributed by atoms with Crippen LogP contribution in [0.1, 0.15) is 44.1 Å². The Bertz CT molecular complexity index is 1160. The zero-order chi connectivity index (χ0) is 22.3. The number of nitrogens with zero attached hydrogens (tertiary/aromatic N) is 4. The molecule has 0 radical (unpaired) electrons. The largest absolute Gasteiger partial charge is 0.444 e. The van der Waals surface area contributed by atoms with Gasteiger partial charge in [-0.1, -0.05) is 5.16 Å². The van der Waals surface area contributed by atoms with E-state index in [0.717, 1.165) is 35.4 Å². The number of ether oxygens (including phenoxy) is 1. The summed E-state index contributed by atoms with van der Waals surface area (Å²) in [6.07, 6.45) is 0.352. The highest BCUT2D eigenvalue weighted by Crippen LogP contribution is 2.35. The molecule has 8 nitrogen and oxygen atoms in total. The predicted molar refractivity (Wildman–Crippen MR) is 118 cm³/mol. The van der Waals surface area contributed by atoms with Gasteiger partial charge in [0.05, 0.1) is 28.7 Å². The molecule has 162 valence electrons. The van der Waals surface area contributed by atoms with E-state index in [1.54, 1.807) is 0 Å². The fourth-order valence-electron chi connectivity index (χ4n) is 4.05. The van der Waals surface area contributed by atoms with E-state index >= 15 is 0 Å². The summed E-state index contributed by atoms with van der Waals surface area (Å²) in [6.45, 7) is 10.9. The van der Waals surface area contributed by atoms with Crippen LogP contribution in [0, 0.1) is 25.2 Å². The van der Waals surface area contributed by atoms with Crippen molar-refractivity contribution in [1.29, 1.82) is 5.26 Å². The van der Waals surface area contributed by atoms with Crippen molar-refractivity contribution < 1.29 is 14.1 Å². The Kier molecular flexibility index (Phi) is 5.13. The molecule has 0 saturated carbocycles. The minimum absolute atomic E-state index is 0.0491. The van der Waals surface area contributed by atoms with E-state index in [0.29, 0.717) is 23.5 Å². The standard InChI is InChI=1S/C23H27N5O3/c1-14-6-7-15(2)28(14)21-18-10-16(12-24)11-19(20(18)31-26-21)27-9-8-17(13-27)25-22(29)30-23(3,4)5/h6-7,10-11,17H,8-9,13H2,1-5H3,(H,25,29)/t17-/m1/s1. The lowest BCUT2D eigenvalue weighted by atomic mass is 10.1. The van der Waals surface area contributed by atoms with Crippen LogP contribution in [0.5, 0.6) is 0 Å². The van der Waals surface area contributed by atoms with Gasteiger partial charge in [-0.2, -0.15) is 5.26 Å². The van der Waals surface area contributed by atoms with Crippen LogP contribution in [0.25, 0.3) is 16.8 Å². The highest BCUT2D eigenvalue weighted by Gasteiger charge is 2.29. The molecule has 3 aromatic rings. The fraction of sp³-hybridized carbons (Fsp3) is 0.435. The first-order valence-corrected chi connectivity index (χ1v) is 10.4. The first kappa shape index (κ1) is 20.8. The highest BCUT2D eigenvalue weighted by molar-refractivity contribution is 5.95. The van der Waals surface area contributed by atoms with Gasteiger partial charge in [0.1, 0.15) is 5.60 Å². The third kappa shape index (κ3) is 4.08. The van der Waals surface area contributed by atoms with E-state index in [9.17, 15) is 10.1 Å². The number of carbonyl (C=O) groups is 1. The van der Waals surface area contributed by atoms with Gasteiger partial charge in [0, 0.05) is 24.5 Å². The molecule has 0 spiro atoms. The molecule has 1 saturated heterocycles. The molecule has 1 atom stereocenters. The summed E-state index contributed by atoms with van der Waals surface area (Å²) >= 11 is 0. The summed E-state index contributed by atoms with van der Waals surface area (Å²) in [5, 5.41) is 17.7. The molecule has 31 heavy (non-hydrogen) atoms. The normalized spacial score (nSPS) is 16.5. The van der Waals surface area contributed by atoms with Crippen LogP contribution in [0.2, 0.25) is 0 Å². The monoisotopic (exact) mass is 421 g/mol. The number of aromatic nitrogens is 2. The maximum atomic E-state index is 12.1. The number of hydrogen-bond acceptors (Lipinski definition) is 6. The second kappa shape index (κ2) is 7.65. The van der Waals surface area contributed by atoms with Crippen molar-refractivity contribution in [2.24, 2.45) is 0 Å². The maximum Gasteiger partial charge on any atom is 0.407 e. The Balaban J connectivity index is 1.65. The second-order valence-electron chi connectivity index (χ2n) is 9.02. The van der Waals surface area contributed by atoms with Crippen molar-refractivity contribution in [3.05, 3.63) is 41.2 Å². The third-order valence-corrected chi connectivity index (χ3v) is 5.40. The van der Waals surface area contributed by atoms with Gasteiger partial charge in [0.25, 0.3) is 0 Å². The number of fused-ring (bicyclic) bond motifs is 1. The lowest BCUT2D eigenvalue weighted by Crippen LogP contribution is -2.40.